The first-order valence-corrected chi connectivity index (χ1v) is 10.0. The predicted octanol–water partition coefficient (Wildman–Crippen LogP) is 5.53. The molecule has 0 saturated carbocycles. The highest BCUT2D eigenvalue weighted by Gasteiger charge is 2.15. The van der Waals surface area contributed by atoms with Gasteiger partial charge in [0, 0.05) is 30.2 Å². The second-order valence-electron chi connectivity index (χ2n) is 6.79. The Labute approximate surface area is 162 Å². The van der Waals surface area contributed by atoms with Crippen LogP contribution in [-0.2, 0) is 0 Å². The normalized spacial score (nSPS) is 11.4. The van der Waals surface area contributed by atoms with Crippen molar-refractivity contribution in [3.05, 3.63) is 57.9 Å². The smallest absolute Gasteiger partial charge is 0.346 e. The van der Waals surface area contributed by atoms with Crippen molar-refractivity contribution >= 4 is 38.2 Å². The van der Waals surface area contributed by atoms with E-state index in [0.29, 0.717) is 16.2 Å². The molecule has 138 valence electrons. The van der Waals surface area contributed by atoms with Crippen LogP contribution in [-0.4, -0.2) is 18.1 Å². The lowest BCUT2D eigenvalue weighted by molar-refractivity contribution is 0.563. The molecular weight excluding hydrogens is 356 g/mol. The third kappa shape index (κ3) is 3.12. The maximum Gasteiger partial charge on any atom is 0.346 e. The first-order chi connectivity index (χ1) is 13.0. The maximum absolute atomic E-state index is 12.7. The van der Waals surface area contributed by atoms with Crippen molar-refractivity contribution < 1.29 is 4.42 Å². The fraction of sp³-hybridized carbons (Fsp3) is 0.273. The van der Waals surface area contributed by atoms with Crippen molar-refractivity contribution in [3.8, 4) is 10.6 Å². The predicted molar refractivity (Wildman–Crippen MR) is 114 cm³/mol. The van der Waals surface area contributed by atoms with Gasteiger partial charge in [0.05, 0.1) is 15.8 Å². The summed E-state index contributed by atoms with van der Waals surface area (Å²) in [5.41, 5.74) is 5.14. The number of hydrogen-bond donors (Lipinski definition) is 0. The van der Waals surface area contributed by atoms with E-state index in [2.05, 4.69) is 50.8 Å². The number of nitrogens with zero attached hydrogens (tertiary/aromatic N) is 2. The van der Waals surface area contributed by atoms with Crippen LogP contribution in [0.4, 0.5) is 5.69 Å². The molecule has 27 heavy (non-hydrogen) atoms. The number of benzene rings is 2. The number of rotatable bonds is 4. The largest absolute Gasteiger partial charge is 0.422 e. The van der Waals surface area contributed by atoms with Crippen LogP contribution in [0.1, 0.15) is 25.0 Å². The number of thiazole rings is 1. The molecule has 2 aromatic carbocycles. The Morgan fingerprint density at radius 1 is 1.07 bits per heavy atom. The lowest BCUT2D eigenvalue weighted by Crippen LogP contribution is -2.21. The Balaban J connectivity index is 1.85. The van der Waals surface area contributed by atoms with Crippen LogP contribution >= 0.6 is 11.3 Å². The summed E-state index contributed by atoms with van der Waals surface area (Å²) < 4.78 is 6.76. The van der Waals surface area contributed by atoms with Crippen LogP contribution < -0.4 is 10.5 Å². The fourth-order valence-electron chi connectivity index (χ4n) is 3.52. The average molecular weight is 378 g/mol. The molecule has 0 radical (unpaired) electrons. The second-order valence-corrected chi connectivity index (χ2v) is 7.82. The highest BCUT2D eigenvalue weighted by Crippen LogP contribution is 2.32. The van der Waals surface area contributed by atoms with Gasteiger partial charge in [-0.05, 0) is 63.1 Å². The molecule has 0 unspecified atom stereocenters. The van der Waals surface area contributed by atoms with Gasteiger partial charge in [-0.15, -0.1) is 11.3 Å². The highest BCUT2D eigenvalue weighted by molar-refractivity contribution is 7.21. The molecule has 0 N–H and O–H groups in total. The summed E-state index contributed by atoms with van der Waals surface area (Å²) in [4.78, 5) is 19.6. The number of aryl methyl sites for hydroxylation is 2. The average Bonchev–Trinajstić information content (AvgIpc) is 3.06. The molecular formula is C22H22N2O2S. The molecule has 0 aliphatic carbocycles. The lowest BCUT2D eigenvalue weighted by atomic mass is 10.1. The summed E-state index contributed by atoms with van der Waals surface area (Å²) in [7, 11) is 0. The van der Waals surface area contributed by atoms with Crippen molar-refractivity contribution in [2.75, 3.05) is 18.0 Å². The highest BCUT2D eigenvalue weighted by atomic mass is 32.1. The molecule has 0 spiro atoms. The van der Waals surface area contributed by atoms with Gasteiger partial charge in [-0.25, -0.2) is 9.78 Å². The SMILES string of the molecule is CCN(CC)c1ccc2cc(-c3nc4c(C)cc(C)cc4s3)c(=O)oc2c1. The van der Waals surface area contributed by atoms with E-state index >= 15 is 0 Å². The Kier molecular flexibility index (Phi) is 4.48. The van der Waals surface area contributed by atoms with Crippen molar-refractivity contribution in [1.29, 1.82) is 0 Å². The zero-order chi connectivity index (χ0) is 19.1. The summed E-state index contributed by atoms with van der Waals surface area (Å²) in [6, 6.07) is 12.2. The monoisotopic (exact) mass is 378 g/mol. The van der Waals surface area contributed by atoms with Crippen LogP contribution in [0.3, 0.4) is 0 Å². The van der Waals surface area contributed by atoms with E-state index in [1.54, 1.807) is 0 Å². The van der Waals surface area contributed by atoms with E-state index in [-0.39, 0.29) is 5.63 Å². The minimum atomic E-state index is -0.340. The van der Waals surface area contributed by atoms with Gasteiger partial charge < -0.3 is 9.32 Å². The minimum absolute atomic E-state index is 0.340. The van der Waals surface area contributed by atoms with E-state index in [9.17, 15) is 4.79 Å². The third-order valence-electron chi connectivity index (χ3n) is 4.91. The molecule has 2 heterocycles. The van der Waals surface area contributed by atoms with Crippen molar-refractivity contribution in [2.45, 2.75) is 27.7 Å². The van der Waals surface area contributed by atoms with Gasteiger partial charge in [-0.3, -0.25) is 0 Å². The first kappa shape index (κ1) is 17.7. The van der Waals surface area contributed by atoms with Crippen molar-refractivity contribution in [2.24, 2.45) is 0 Å². The molecule has 4 nitrogen and oxygen atoms in total. The third-order valence-corrected chi connectivity index (χ3v) is 5.94. The first-order valence-electron chi connectivity index (χ1n) is 9.21. The quantitative estimate of drug-likeness (QED) is 0.438. The summed E-state index contributed by atoms with van der Waals surface area (Å²) in [5.74, 6) is 0. The van der Waals surface area contributed by atoms with E-state index < -0.39 is 0 Å². The Morgan fingerprint density at radius 3 is 2.59 bits per heavy atom. The van der Waals surface area contributed by atoms with Crippen LogP contribution in [0, 0.1) is 13.8 Å². The number of aromatic nitrogens is 1. The summed E-state index contributed by atoms with van der Waals surface area (Å²) in [6.45, 7) is 10.2. The van der Waals surface area contributed by atoms with Crippen LogP contribution in [0.5, 0.6) is 0 Å². The minimum Gasteiger partial charge on any atom is -0.422 e. The molecule has 0 amide bonds. The van der Waals surface area contributed by atoms with Gasteiger partial charge in [-0.2, -0.15) is 0 Å². The van der Waals surface area contributed by atoms with E-state index in [1.807, 2.05) is 18.2 Å². The Morgan fingerprint density at radius 2 is 1.85 bits per heavy atom. The molecule has 0 fully saturated rings. The Hall–Kier alpha value is -2.66. The molecule has 4 aromatic rings. The maximum atomic E-state index is 12.7. The van der Waals surface area contributed by atoms with E-state index in [0.717, 1.165) is 39.9 Å². The van der Waals surface area contributed by atoms with Gasteiger partial charge in [0.25, 0.3) is 0 Å². The molecule has 0 aliphatic heterocycles. The number of fused-ring (bicyclic) bond motifs is 2. The molecule has 4 rings (SSSR count). The fourth-order valence-corrected chi connectivity index (χ4v) is 4.67. The van der Waals surface area contributed by atoms with E-state index in [1.165, 1.54) is 16.9 Å². The summed E-state index contributed by atoms with van der Waals surface area (Å²) in [6.07, 6.45) is 0. The van der Waals surface area contributed by atoms with Gasteiger partial charge in [0.2, 0.25) is 0 Å². The van der Waals surface area contributed by atoms with Crippen molar-refractivity contribution in [1.82, 2.24) is 4.98 Å². The Bertz CT molecular complexity index is 1200. The van der Waals surface area contributed by atoms with Crippen LogP contribution in [0.2, 0.25) is 0 Å². The van der Waals surface area contributed by atoms with E-state index in [4.69, 9.17) is 9.40 Å². The topological polar surface area (TPSA) is 46.3 Å². The van der Waals surface area contributed by atoms with Gasteiger partial charge in [0.1, 0.15) is 10.6 Å². The van der Waals surface area contributed by atoms with Gasteiger partial charge in [-0.1, -0.05) is 6.07 Å². The zero-order valence-electron chi connectivity index (χ0n) is 16.0. The molecule has 0 saturated heterocycles. The van der Waals surface area contributed by atoms with Crippen LogP contribution in [0.15, 0.2) is 45.6 Å². The zero-order valence-corrected chi connectivity index (χ0v) is 16.8. The van der Waals surface area contributed by atoms with Crippen molar-refractivity contribution in [3.63, 3.8) is 0 Å². The summed E-state index contributed by atoms with van der Waals surface area (Å²) in [5, 5.41) is 1.62. The lowest BCUT2D eigenvalue weighted by Gasteiger charge is -2.20. The molecule has 5 heteroatoms. The summed E-state index contributed by atoms with van der Waals surface area (Å²) >= 11 is 1.54. The second kappa shape index (κ2) is 6.82. The standard InChI is InChI=1S/C22H22N2O2S/c1-5-24(6-2)16-8-7-15-11-17(22(25)26-18(15)12-16)21-23-20-14(4)9-13(3)10-19(20)27-21/h7-12H,5-6H2,1-4H3. The number of hydrogen-bond acceptors (Lipinski definition) is 5. The van der Waals surface area contributed by atoms with Crippen LogP contribution in [0.25, 0.3) is 31.8 Å². The molecule has 0 aliphatic rings. The molecule has 0 bridgehead atoms. The number of anilines is 1. The molecule has 2 aromatic heterocycles. The van der Waals surface area contributed by atoms with Gasteiger partial charge in [0.15, 0.2) is 0 Å². The molecule has 0 atom stereocenters. The van der Waals surface area contributed by atoms with Gasteiger partial charge >= 0.3 is 5.63 Å².